The summed E-state index contributed by atoms with van der Waals surface area (Å²) in [5, 5.41) is 50.7. The van der Waals surface area contributed by atoms with Crippen molar-refractivity contribution in [2.45, 2.75) is 127 Å². The molecule has 0 saturated carbocycles. The van der Waals surface area contributed by atoms with Gasteiger partial charge in [0.1, 0.15) is 59.6 Å². The molecule has 1 aromatic heterocycles. The normalized spacial score (nSPS) is 15.1. The molecule has 5 aromatic rings. The Kier molecular flexibility index (Phi) is 24.0. The summed E-state index contributed by atoms with van der Waals surface area (Å²) in [6, 6.07) is 15.2. The molecular formula is C60H77FN12O11. The maximum Gasteiger partial charge on any atom is 0.245 e. The van der Waals surface area contributed by atoms with E-state index in [1.54, 1.807) is 25.3 Å². The third-order valence-electron chi connectivity index (χ3n) is 14.2. The van der Waals surface area contributed by atoms with Crippen molar-refractivity contribution < 1.29 is 58.1 Å². The van der Waals surface area contributed by atoms with E-state index >= 15 is 0 Å². The van der Waals surface area contributed by atoms with E-state index in [2.05, 4.69) is 47.2 Å². The monoisotopic (exact) mass is 1160 g/mol. The van der Waals surface area contributed by atoms with Crippen LogP contribution in [0, 0.1) is 11.7 Å². The number of nitrogens with zero attached hydrogens (tertiary/aromatic N) is 2. The number of aryl methyl sites for hydroxylation is 1. The standard InChI is InChI=1S/C60H77FN12O11/c1-4-64-58(83)51-12-8-28-73(51)59(84)45(11-7-27-65-60(62)63)68-53(78)46(29-35(2)3)69-54(79)47(30-37-15-22-41(75)23-16-37)70-55(80)48(31-38-17-24-42(76)25-18-38)71-57(82)50(34-74)72-56(81)49(32-39-33-66-44-10-6-5-9-43(39)44)67-52(77)26-19-36-13-20-40(61)21-14-36/h5-6,9-10,13-18,20-25,33,35,45-51,66,74-76H,4,7-8,11-12,19,26-32,34H2,1-3H3,(H,64,83)(H,67,77)(H,68,78)(H,69,79)(H,70,80)(H,71,82)(H,72,81)(H4,62,63,65)/t45-,46-,47+,48-,49+,50-,51-/m0/s1. The molecule has 1 saturated heterocycles. The number of halogens is 1. The molecule has 23 nitrogen and oxygen atoms in total. The number of aliphatic hydroxyl groups excluding tert-OH is 1. The van der Waals surface area contributed by atoms with E-state index < -0.39 is 96.1 Å². The highest BCUT2D eigenvalue weighted by Crippen LogP contribution is 2.22. The first kappa shape index (κ1) is 64.1. The number of likely N-dealkylation sites (N-methyl/N-ethyl adjacent to an activating group) is 1. The summed E-state index contributed by atoms with van der Waals surface area (Å²) in [5.74, 6) is -6.74. The quantitative estimate of drug-likeness (QED) is 0.0176. The third-order valence-corrected chi connectivity index (χ3v) is 14.2. The van der Waals surface area contributed by atoms with Crippen molar-refractivity contribution in [1.82, 2.24) is 47.1 Å². The molecule has 2 heterocycles. The average molecular weight is 1160 g/mol. The molecule has 4 aromatic carbocycles. The van der Waals surface area contributed by atoms with Crippen LogP contribution in [0.4, 0.5) is 4.39 Å². The molecule has 0 radical (unpaired) electrons. The van der Waals surface area contributed by atoms with Crippen LogP contribution in [0.2, 0.25) is 0 Å². The van der Waals surface area contributed by atoms with E-state index in [-0.39, 0.29) is 93.7 Å². The number of aromatic nitrogens is 1. The predicted octanol–water partition coefficient (Wildman–Crippen LogP) is 1.51. The number of hydrogen-bond donors (Lipinski definition) is 13. The molecule has 1 aliphatic heterocycles. The lowest BCUT2D eigenvalue weighted by atomic mass is 9.99. The van der Waals surface area contributed by atoms with Gasteiger partial charge in [-0.15, -0.1) is 0 Å². The van der Waals surface area contributed by atoms with Gasteiger partial charge in [0, 0.05) is 62.4 Å². The number of aromatic amines is 1. The van der Waals surface area contributed by atoms with Gasteiger partial charge in [-0.25, -0.2) is 4.39 Å². The molecule has 0 aliphatic carbocycles. The summed E-state index contributed by atoms with van der Waals surface area (Å²) in [6.45, 7) is 5.17. The van der Waals surface area contributed by atoms with Crippen LogP contribution in [0.3, 0.4) is 0 Å². The zero-order valence-electron chi connectivity index (χ0n) is 47.4. The van der Waals surface area contributed by atoms with Crippen LogP contribution < -0.4 is 48.7 Å². The van der Waals surface area contributed by atoms with Gasteiger partial charge in [0.2, 0.25) is 47.3 Å². The summed E-state index contributed by atoms with van der Waals surface area (Å²) in [4.78, 5) is 122. The molecule has 0 unspecified atom stereocenters. The van der Waals surface area contributed by atoms with Crippen molar-refractivity contribution in [3.63, 3.8) is 0 Å². The predicted molar refractivity (Wildman–Crippen MR) is 312 cm³/mol. The van der Waals surface area contributed by atoms with E-state index in [0.29, 0.717) is 41.6 Å². The van der Waals surface area contributed by atoms with Crippen LogP contribution in [0.15, 0.2) is 108 Å². The summed E-state index contributed by atoms with van der Waals surface area (Å²) in [6.07, 6.45) is 2.68. The van der Waals surface area contributed by atoms with Crippen LogP contribution in [-0.2, 0) is 64.0 Å². The van der Waals surface area contributed by atoms with Crippen molar-refractivity contribution in [2.24, 2.45) is 22.4 Å². The van der Waals surface area contributed by atoms with Gasteiger partial charge in [-0.05, 0) is 116 Å². The highest BCUT2D eigenvalue weighted by molar-refractivity contribution is 5.98. The number of amides is 8. The lowest BCUT2D eigenvalue weighted by Crippen LogP contribution is -2.61. The van der Waals surface area contributed by atoms with Crippen LogP contribution in [0.25, 0.3) is 10.9 Å². The second-order valence-corrected chi connectivity index (χ2v) is 21.2. The Bertz CT molecular complexity index is 3080. The maximum atomic E-state index is 14.8. The molecule has 15 N–H and O–H groups in total. The van der Waals surface area contributed by atoms with E-state index in [9.17, 15) is 58.1 Å². The fraction of sp³-hybridized carbons (Fsp3) is 0.417. The van der Waals surface area contributed by atoms with Crippen molar-refractivity contribution in [2.75, 3.05) is 26.2 Å². The van der Waals surface area contributed by atoms with Crippen molar-refractivity contribution in [3.8, 4) is 11.5 Å². The molecule has 1 fully saturated rings. The minimum Gasteiger partial charge on any atom is -0.508 e. The van der Waals surface area contributed by atoms with Gasteiger partial charge in [-0.2, -0.15) is 0 Å². The van der Waals surface area contributed by atoms with Crippen LogP contribution >= 0.6 is 0 Å². The van der Waals surface area contributed by atoms with Gasteiger partial charge in [-0.1, -0.05) is 68.4 Å². The number of guanidine groups is 1. The lowest BCUT2D eigenvalue weighted by Gasteiger charge is -2.30. The number of carbonyl (C=O) groups excluding carboxylic acids is 8. The van der Waals surface area contributed by atoms with E-state index in [1.165, 1.54) is 65.6 Å². The summed E-state index contributed by atoms with van der Waals surface area (Å²) >= 11 is 0. The number of benzene rings is 4. The molecule has 450 valence electrons. The number of phenolic OH excluding ortho intramolecular Hbond substituents is 2. The number of likely N-dealkylation sites (tertiary alicyclic amines) is 1. The topological polar surface area (TPSA) is 365 Å². The number of H-pyrrole nitrogens is 1. The number of rotatable bonds is 30. The van der Waals surface area contributed by atoms with Crippen molar-refractivity contribution in [3.05, 3.63) is 131 Å². The number of hydrogen-bond acceptors (Lipinski definition) is 12. The van der Waals surface area contributed by atoms with Crippen LogP contribution in [0.1, 0.15) is 81.5 Å². The molecule has 0 bridgehead atoms. The largest absolute Gasteiger partial charge is 0.508 e. The molecular weight excluding hydrogens is 1080 g/mol. The Labute approximate surface area is 486 Å². The minimum absolute atomic E-state index is 0.0500. The SMILES string of the molecule is CCNC(=O)[C@@H]1CCCN1C(=O)[C@H](CCCN=C(N)N)NC(=O)[C@H](CC(C)C)NC(=O)[C@@H](Cc1ccc(O)cc1)NC(=O)[C@H](Cc1ccc(O)cc1)NC(=O)[C@H](CO)NC(=O)[C@@H](Cc1c[nH]c2ccccc12)NC(=O)CCc1ccc(F)cc1. The van der Waals surface area contributed by atoms with Gasteiger partial charge in [0.05, 0.1) is 6.61 Å². The van der Waals surface area contributed by atoms with Crippen LogP contribution in [-0.4, -0.2) is 147 Å². The van der Waals surface area contributed by atoms with Crippen molar-refractivity contribution in [1.29, 1.82) is 0 Å². The van der Waals surface area contributed by atoms with Gasteiger partial charge >= 0.3 is 0 Å². The molecule has 8 amide bonds. The first-order chi connectivity index (χ1) is 40.2. The highest BCUT2D eigenvalue weighted by atomic mass is 19.1. The number of carbonyl (C=O) groups is 8. The fourth-order valence-corrected chi connectivity index (χ4v) is 9.87. The number of para-hydroxylation sites is 1. The maximum absolute atomic E-state index is 14.8. The summed E-state index contributed by atoms with van der Waals surface area (Å²) < 4.78 is 13.6. The molecule has 0 spiro atoms. The molecule has 6 rings (SSSR count). The molecule has 7 atom stereocenters. The Morgan fingerprint density at radius 3 is 1.77 bits per heavy atom. The number of fused-ring (bicyclic) bond motifs is 1. The second kappa shape index (κ2) is 31.4. The zero-order valence-corrected chi connectivity index (χ0v) is 47.4. The fourth-order valence-electron chi connectivity index (χ4n) is 9.87. The van der Waals surface area contributed by atoms with E-state index in [4.69, 9.17) is 11.5 Å². The smallest absolute Gasteiger partial charge is 0.245 e. The molecule has 84 heavy (non-hydrogen) atoms. The minimum atomic E-state index is -1.70. The molecule has 1 aliphatic rings. The Hall–Kier alpha value is -9.06. The van der Waals surface area contributed by atoms with Gasteiger partial charge in [0.25, 0.3) is 0 Å². The number of aliphatic imine (C=N–C) groups is 1. The second-order valence-electron chi connectivity index (χ2n) is 21.2. The van der Waals surface area contributed by atoms with E-state index in [0.717, 1.165) is 10.9 Å². The number of phenols is 2. The van der Waals surface area contributed by atoms with E-state index in [1.807, 2.05) is 38.1 Å². The first-order valence-electron chi connectivity index (χ1n) is 28.1. The van der Waals surface area contributed by atoms with Crippen LogP contribution in [0.5, 0.6) is 11.5 Å². The number of nitrogens with two attached hydrogens (primary N) is 2. The lowest BCUT2D eigenvalue weighted by molar-refractivity contribution is -0.142. The molecule has 24 heteroatoms. The summed E-state index contributed by atoms with van der Waals surface area (Å²) in [5.41, 5.74) is 14.1. The zero-order chi connectivity index (χ0) is 60.9. The Morgan fingerprint density at radius 2 is 1.20 bits per heavy atom. The number of nitrogens with one attached hydrogen (secondary N) is 8. The summed E-state index contributed by atoms with van der Waals surface area (Å²) in [7, 11) is 0. The third kappa shape index (κ3) is 19.3. The Balaban J connectivity index is 1.24. The van der Waals surface area contributed by atoms with Gasteiger partial charge in [0.15, 0.2) is 5.96 Å². The highest BCUT2D eigenvalue weighted by Gasteiger charge is 2.39. The Morgan fingerprint density at radius 1 is 0.679 bits per heavy atom. The number of aromatic hydroxyl groups is 2. The number of aliphatic hydroxyl groups is 1. The van der Waals surface area contributed by atoms with Crippen molar-refractivity contribution >= 4 is 64.1 Å². The first-order valence-corrected chi connectivity index (χ1v) is 28.1. The van der Waals surface area contributed by atoms with Gasteiger partial charge < -0.3 is 73.9 Å². The average Bonchev–Trinajstić information content (AvgIpc) is 4.15. The van der Waals surface area contributed by atoms with Gasteiger partial charge in [-0.3, -0.25) is 43.3 Å².